The van der Waals surface area contributed by atoms with Gasteiger partial charge in [-0.25, -0.2) is 4.39 Å². The summed E-state index contributed by atoms with van der Waals surface area (Å²) in [5.74, 6) is -0.266. The number of hydrogen-bond acceptors (Lipinski definition) is 1. The Hall–Kier alpha value is -6.13. The van der Waals surface area contributed by atoms with Gasteiger partial charge in [-0.3, -0.25) is 0 Å². The average Bonchev–Trinajstić information content (AvgIpc) is 3.75. The minimum Gasteiger partial charge on any atom is -0.455 e. The van der Waals surface area contributed by atoms with Crippen molar-refractivity contribution in [2.45, 2.75) is 0 Å². The summed E-state index contributed by atoms with van der Waals surface area (Å²) < 4.78 is 25.1. The fraction of sp³-hybridized carbons (Fsp3) is 0. The summed E-state index contributed by atoms with van der Waals surface area (Å²) in [6.07, 6.45) is 0. The maximum Gasteiger partial charge on any atom is 0.143 e. The van der Waals surface area contributed by atoms with Gasteiger partial charge in [0, 0.05) is 49.3 Å². The van der Waals surface area contributed by atoms with E-state index in [1.54, 1.807) is 12.1 Å². The zero-order valence-corrected chi connectivity index (χ0v) is 24.6. The predicted octanol–water partition coefficient (Wildman–Crippen LogP) is 11.6. The van der Waals surface area contributed by atoms with Crippen molar-refractivity contribution in [1.82, 2.24) is 9.13 Å². The number of halogens is 1. The van der Waals surface area contributed by atoms with Gasteiger partial charge in [-0.05, 0) is 72.3 Å². The molecule has 0 aliphatic carbocycles. The normalized spacial score (nSPS) is 12.0. The van der Waals surface area contributed by atoms with E-state index in [-0.39, 0.29) is 5.82 Å². The molecule has 0 unspecified atom stereocenters. The highest BCUT2D eigenvalue weighted by Gasteiger charge is 2.19. The van der Waals surface area contributed by atoms with E-state index in [0.29, 0.717) is 5.58 Å². The molecule has 0 saturated heterocycles. The van der Waals surface area contributed by atoms with Gasteiger partial charge in [0.05, 0.1) is 22.1 Å². The van der Waals surface area contributed by atoms with Gasteiger partial charge in [-0.1, -0.05) is 84.9 Å². The Labute approximate surface area is 262 Å². The molecule has 3 aromatic heterocycles. The number of aromatic nitrogens is 2. The van der Waals surface area contributed by atoms with E-state index in [4.69, 9.17) is 4.42 Å². The first-order valence-corrected chi connectivity index (χ1v) is 15.5. The monoisotopic (exact) mass is 592 g/mol. The van der Waals surface area contributed by atoms with Crippen LogP contribution in [0.25, 0.3) is 88.1 Å². The summed E-state index contributed by atoms with van der Waals surface area (Å²) in [5.41, 5.74) is 10.4. The van der Waals surface area contributed by atoms with Crippen LogP contribution in [0.1, 0.15) is 0 Å². The molecule has 3 nitrogen and oxygen atoms in total. The maximum atomic E-state index is 14.1. The minimum absolute atomic E-state index is 0.266. The molecule has 0 N–H and O–H groups in total. The van der Waals surface area contributed by atoms with Gasteiger partial charge in [0.15, 0.2) is 0 Å². The molecule has 4 heteroatoms. The number of benzene rings is 7. The van der Waals surface area contributed by atoms with Gasteiger partial charge in [0.2, 0.25) is 0 Å². The Balaban J connectivity index is 1.20. The second-order valence-electron chi connectivity index (χ2n) is 11.9. The van der Waals surface area contributed by atoms with Crippen molar-refractivity contribution in [2.24, 2.45) is 0 Å². The van der Waals surface area contributed by atoms with Crippen molar-refractivity contribution in [3.63, 3.8) is 0 Å². The summed E-state index contributed by atoms with van der Waals surface area (Å²) in [5, 5.41) is 6.59. The largest absolute Gasteiger partial charge is 0.455 e. The molecule has 0 atom stereocenters. The van der Waals surface area contributed by atoms with Crippen molar-refractivity contribution in [3.8, 4) is 22.5 Å². The van der Waals surface area contributed by atoms with Crippen LogP contribution in [-0.2, 0) is 0 Å². The molecule has 0 radical (unpaired) electrons. The number of furan rings is 1. The summed E-state index contributed by atoms with van der Waals surface area (Å²) in [6, 6.07) is 52.0. The van der Waals surface area contributed by atoms with Crippen molar-refractivity contribution in [3.05, 3.63) is 157 Å². The number of para-hydroxylation sites is 4. The quantitative estimate of drug-likeness (QED) is 0.200. The van der Waals surface area contributed by atoms with Crippen LogP contribution in [0.3, 0.4) is 0 Å². The fourth-order valence-electron chi connectivity index (χ4n) is 7.35. The molecule has 0 amide bonds. The van der Waals surface area contributed by atoms with Gasteiger partial charge >= 0.3 is 0 Å². The fourth-order valence-corrected chi connectivity index (χ4v) is 7.35. The van der Waals surface area contributed by atoms with Crippen molar-refractivity contribution >= 4 is 65.6 Å². The van der Waals surface area contributed by atoms with Crippen LogP contribution in [0.5, 0.6) is 0 Å². The third kappa shape index (κ3) is 3.52. The molecule has 0 spiro atoms. The Morgan fingerprint density at radius 2 is 1.00 bits per heavy atom. The highest BCUT2D eigenvalue weighted by atomic mass is 19.1. The molecule has 0 fully saturated rings. The van der Waals surface area contributed by atoms with E-state index in [9.17, 15) is 4.39 Å². The molecule has 0 aliphatic rings. The van der Waals surface area contributed by atoms with Gasteiger partial charge in [0.25, 0.3) is 0 Å². The lowest BCUT2D eigenvalue weighted by atomic mass is 10.0. The first-order valence-electron chi connectivity index (χ1n) is 15.5. The molecular formula is C42H25FN2O. The minimum atomic E-state index is -0.266. The molecule has 3 heterocycles. The highest BCUT2D eigenvalue weighted by Crippen LogP contribution is 2.40. The van der Waals surface area contributed by atoms with Crippen molar-refractivity contribution in [2.75, 3.05) is 0 Å². The predicted molar refractivity (Wildman–Crippen MR) is 188 cm³/mol. The summed E-state index contributed by atoms with van der Waals surface area (Å²) in [4.78, 5) is 0. The van der Waals surface area contributed by atoms with Gasteiger partial charge in [-0.2, -0.15) is 0 Å². The molecule has 0 bridgehead atoms. The molecule has 216 valence electrons. The zero-order chi connectivity index (χ0) is 30.4. The molecule has 0 saturated carbocycles. The lowest BCUT2D eigenvalue weighted by Crippen LogP contribution is -1.94. The van der Waals surface area contributed by atoms with E-state index >= 15 is 0 Å². The number of hydrogen-bond donors (Lipinski definition) is 0. The smallest absolute Gasteiger partial charge is 0.143 e. The van der Waals surface area contributed by atoms with E-state index < -0.39 is 0 Å². The number of nitrogens with zero attached hydrogens (tertiary/aromatic N) is 2. The van der Waals surface area contributed by atoms with Gasteiger partial charge < -0.3 is 13.6 Å². The summed E-state index contributed by atoms with van der Waals surface area (Å²) >= 11 is 0. The van der Waals surface area contributed by atoms with Crippen LogP contribution in [0, 0.1) is 5.82 Å². The summed E-state index contributed by atoms with van der Waals surface area (Å²) in [6.45, 7) is 0. The standard InChI is InChI=1S/C42H25FN2O/c43-27-19-22-41-36(23-27)33-14-8-13-30(42(33)46-41)26-17-20-29(21-18-26)45-38-16-7-5-12-32(38)35-24-39-34(25-40(35)45)31-11-4-6-15-37(31)44(39)28-9-2-1-3-10-28/h1-25H. The number of fused-ring (bicyclic) bond motifs is 9. The Bertz CT molecular complexity index is 2800. The van der Waals surface area contributed by atoms with E-state index in [0.717, 1.165) is 44.4 Å². The zero-order valence-electron chi connectivity index (χ0n) is 24.6. The molecular weight excluding hydrogens is 567 g/mol. The van der Waals surface area contributed by atoms with E-state index in [2.05, 4.69) is 130 Å². The van der Waals surface area contributed by atoms with Gasteiger partial charge in [-0.15, -0.1) is 0 Å². The summed E-state index contributed by atoms with van der Waals surface area (Å²) in [7, 11) is 0. The van der Waals surface area contributed by atoms with Crippen LogP contribution >= 0.6 is 0 Å². The maximum absolute atomic E-state index is 14.1. The SMILES string of the molecule is Fc1ccc2oc3c(-c4ccc(-n5c6ccccc6c6cc7c(cc65)c5ccccc5n7-c5ccccc5)cc4)cccc3c2c1. The third-order valence-corrected chi connectivity index (χ3v) is 9.38. The number of rotatable bonds is 3. The molecule has 0 aliphatic heterocycles. The molecule has 10 rings (SSSR count). The van der Waals surface area contributed by atoms with Crippen molar-refractivity contribution in [1.29, 1.82) is 0 Å². The second-order valence-corrected chi connectivity index (χ2v) is 11.9. The molecule has 7 aromatic carbocycles. The van der Waals surface area contributed by atoms with Crippen LogP contribution in [-0.4, -0.2) is 9.13 Å². The van der Waals surface area contributed by atoms with Crippen LogP contribution in [0.15, 0.2) is 156 Å². The third-order valence-electron chi connectivity index (χ3n) is 9.38. The van der Waals surface area contributed by atoms with Crippen LogP contribution < -0.4 is 0 Å². The van der Waals surface area contributed by atoms with Crippen LogP contribution in [0.2, 0.25) is 0 Å². The average molecular weight is 593 g/mol. The lowest BCUT2D eigenvalue weighted by Gasteiger charge is -2.10. The lowest BCUT2D eigenvalue weighted by molar-refractivity contribution is 0.626. The van der Waals surface area contributed by atoms with E-state index in [1.165, 1.54) is 44.2 Å². The first-order chi connectivity index (χ1) is 22.7. The Kier molecular flexibility index (Phi) is 5.17. The highest BCUT2D eigenvalue weighted by molar-refractivity contribution is 6.19. The molecule has 10 aromatic rings. The first kappa shape index (κ1) is 25.2. The van der Waals surface area contributed by atoms with Gasteiger partial charge in [0.1, 0.15) is 17.0 Å². The Morgan fingerprint density at radius 3 is 1.67 bits per heavy atom. The Morgan fingerprint density at radius 1 is 0.413 bits per heavy atom. The van der Waals surface area contributed by atoms with Crippen LogP contribution in [0.4, 0.5) is 4.39 Å². The van der Waals surface area contributed by atoms with Crippen molar-refractivity contribution < 1.29 is 8.81 Å². The van der Waals surface area contributed by atoms with E-state index in [1.807, 2.05) is 12.1 Å². The molecule has 46 heavy (non-hydrogen) atoms. The topological polar surface area (TPSA) is 23.0 Å². The second kappa shape index (κ2) is 9.43.